The van der Waals surface area contributed by atoms with E-state index in [2.05, 4.69) is 4.90 Å². The highest BCUT2D eigenvalue weighted by Gasteiger charge is 2.31. The number of hydrogen-bond donors (Lipinski definition) is 1. The fraction of sp³-hybridized carbons (Fsp3) is 0.429. The summed E-state index contributed by atoms with van der Waals surface area (Å²) in [4.78, 5) is 4.02. The summed E-state index contributed by atoms with van der Waals surface area (Å²) in [6.07, 6.45) is -5.01. The SMILES string of the molecule is COc1cccc(OC[C@H](O)CN2CCN(c3cccc(C(F)(F)F)c3)CC2)c1. The van der Waals surface area contributed by atoms with Gasteiger partial charge in [-0.2, -0.15) is 13.2 Å². The zero-order valence-electron chi connectivity index (χ0n) is 16.2. The van der Waals surface area contributed by atoms with Gasteiger partial charge in [-0.05, 0) is 30.3 Å². The largest absolute Gasteiger partial charge is 0.497 e. The standard InChI is InChI=1S/C21H25F3N2O3/c1-28-19-6-3-7-20(13-19)29-15-18(27)14-25-8-10-26(11-9-25)17-5-2-4-16(12-17)21(22,23)24/h2-7,12-13,18,27H,8-11,14-15H2,1H3/t18-/m1/s1. The van der Waals surface area contributed by atoms with Gasteiger partial charge in [0.1, 0.15) is 24.2 Å². The van der Waals surface area contributed by atoms with Crippen molar-refractivity contribution in [1.82, 2.24) is 4.90 Å². The lowest BCUT2D eigenvalue weighted by atomic mass is 10.1. The number of halogens is 3. The molecule has 3 rings (SSSR count). The molecule has 1 aliphatic rings. The van der Waals surface area contributed by atoms with Crippen LogP contribution in [0.5, 0.6) is 11.5 Å². The number of ether oxygens (including phenoxy) is 2. The number of piperazine rings is 1. The van der Waals surface area contributed by atoms with E-state index in [9.17, 15) is 18.3 Å². The van der Waals surface area contributed by atoms with Crippen LogP contribution < -0.4 is 14.4 Å². The first-order valence-electron chi connectivity index (χ1n) is 9.44. The zero-order chi connectivity index (χ0) is 20.9. The minimum atomic E-state index is -4.34. The summed E-state index contributed by atoms with van der Waals surface area (Å²) in [6.45, 7) is 3.12. The Morgan fingerprint density at radius 2 is 1.69 bits per heavy atom. The Balaban J connectivity index is 1.46. The summed E-state index contributed by atoms with van der Waals surface area (Å²) in [5.74, 6) is 1.31. The number of rotatable bonds is 7. The van der Waals surface area contributed by atoms with Crippen LogP contribution in [0.15, 0.2) is 48.5 Å². The molecule has 1 aliphatic heterocycles. The highest BCUT2D eigenvalue weighted by molar-refractivity contribution is 5.49. The highest BCUT2D eigenvalue weighted by atomic mass is 19.4. The number of alkyl halides is 3. The van der Waals surface area contributed by atoms with Crippen molar-refractivity contribution in [3.8, 4) is 11.5 Å². The van der Waals surface area contributed by atoms with Gasteiger partial charge in [0.05, 0.1) is 12.7 Å². The number of methoxy groups -OCH3 is 1. The molecular weight excluding hydrogens is 385 g/mol. The molecule has 1 fully saturated rings. The molecule has 1 N–H and O–H groups in total. The predicted molar refractivity (Wildman–Crippen MR) is 105 cm³/mol. The minimum absolute atomic E-state index is 0.154. The van der Waals surface area contributed by atoms with Gasteiger partial charge in [0, 0.05) is 44.5 Å². The van der Waals surface area contributed by atoms with Crippen molar-refractivity contribution in [3.05, 3.63) is 54.1 Å². The molecule has 0 unspecified atom stereocenters. The van der Waals surface area contributed by atoms with Crippen molar-refractivity contribution in [2.24, 2.45) is 0 Å². The van der Waals surface area contributed by atoms with Gasteiger partial charge in [-0.25, -0.2) is 0 Å². The summed E-state index contributed by atoms with van der Waals surface area (Å²) in [5.41, 5.74) is -0.0658. The maximum atomic E-state index is 12.9. The number of nitrogens with zero attached hydrogens (tertiary/aromatic N) is 2. The van der Waals surface area contributed by atoms with Crippen LogP contribution in [-0.4, -0.2) is 62.6 Å². The maximum absolute atomic E-state index is 12.9. The Kier molecular flexibility index (Phi) is 6.87. The molecule has 1 atom stereocenters. The molecule has 8 heteroatoms. The smallest absolute Gasteiger partial charge is 0.416 e. The van der Waals surface area contributed by atoms with Crippen LogP contribution in [0, 0.1) is 0 Å². The van der Waals surface area contributed by atoms with Crippen LogP contribution in [0.25, 0.3) is 0 Å². The van der Waals surface area contributed by atoms with Crippen LogP contribution in [0.3, 0.4) is 0 Å². The highest BCUT2D eigenvalue weighted by Crippen LogP contribution is 2.31. The third kappa shape index (κ3) is 6.01. The van der Waals surface area contributed by atoms with E-state index < -0.39 is 17.8 Å². The number of β-amino-alcohol motifs (C(OH)–C–C–N with tert-alkyl or cyclic N) is 1. The topological polar surface area (TPSA) is 45.2 Å². The minimum Gasteiger partial charge on any atom is -0.497 e. The molecule has 1 heterocycles. The molecule has 0 aliphatic carbocycles. The lowest BCUT2D eigenvalue weighted by Crippen LogP contribution is -2.49. The van der Waals surface area contributed by atoms with Crippen LogP contribution >= 0.6 is 0 Å². The molecule has 0 aromatic heterocycles. The Labute approximate surface area is 168 Å². The second kappa shape index (κ2) is 9.37. The van der Waals surface area contributed by atoms with Crippen molar-refractivity contribution in [1.29, 1.82) is 0 Å². The van der Waals surface area contributed by atoms with Gasteiger partial charge < -0.3 is 19.5 Å². The normalized spacial score (nSPS) is 16.5. The summed E-state index contributed by atoms with van der Waals surface area (Å²) in [5, 5.41) is 10.3. The molecule has 29 heavy (non-hydrogen) atoms. The van der Waals surface area contributed by atoms with Crippen LogP contribution in [-0.2, 0) is 6.18 Å². The first kappa shape index (κ1) is 21.3. The van der Waals surface area contributed by atoms with Gasteiger partial charge in [0.2, 0.25) is 0 Å². The number of benzene rings is 2. The number of aliphatic hydroxyl groups is 1. The fourth-order valence-electron chi connectivity index (χ4n) is 3.30. The Hall–Kier alpha value is -2.45. The van der Waals surface area contributed by atoms with E-state index in [1.165, 1.54) is 12.1 Å². The molecule has 5 nitrogen and oxygen atoms in total. The Morgan fingerprint density at radius 1 is 1.00 bits per heavy atom. The monoisotopic (exact) mass is 410 g/mol. The average molecular weight is 410 g/mol. The average Bonchev–Trinajstić information content (AvgIpc) is 2.72. The van der Waals surface area contributed by atoms with Crippen LogP contribution in [0.2, 0.25) is 0 Å². The number of anilines is 1. The van der Waals surface area contributed by atoms with Crippen molar-refractivity contribution >= 4 is 5.69 Å². The van der Waals surface area contributed by atoms with E-state index in [0.29, 0.717) is 49.9 Å². The van der Waals surface area contributed by atoms with E-state index in [-0.39, 0.29) is 6.61 Å². The van der Waals surface area contributed by atoms with Crippen molar-refractivity contribution < 1.29 is 27.8 Å². The number of hydrogen-bond acceptors (Lipinski definition) is 5. The summed E-state index contributed by atoms with van der Waals surface area (Å²) in [7, 11) is 1.58. The lowest BCUT2D eigenvalue weighted by Gasteiger charge is -2.37. The lowest BCUT2D eigenvalue weighted by molar-refractivity contribution is -0.137. The van der Waals surface area contributed by atoms with Gasteiger partial charge in [0.25, 0.3) is 0 Å². The second-order valence-corrected chi connectivity index (χ2v) is 6.98. The zero-order valence-corrected chi connectivity index (χ0v) is 16.2. The quantitative estimate of drug-likeness (QED) is 0.759. The van der Waals surface area contributed by atoms with Crippen molar-refractivity contribution in [3.63, 3.8) is 0 Å². The molecule has 0 radical (unpaired) electrons. The van der Waals surface area contributed by atoms with E-state index >= 15 is 0 Å². The Morgan fingerprint density at radius 3 is 2.38 bits per heavy atom. The summed E-state index contributed by atoms with van der Waals surface area (Å²) in [6, 6.07) is 12.6. The van der Waals surface area contributed by atoms with E-state index in [1.54, 1.807) is 25.3 Å². The molecule has 158 valence electrons. The molecule has 0 saturated carbocycles. The molecule has 0 bridgehead atoms. The Bertz CT molecular complexity index is 793. The van der Waals surface area contributed by atoms with Gasteiger partial charge in [-0.15, -0.1) is 0 Å². The van der Waals surface area contributed by atoms with Gasteiger partial charge >= 0.3 is 6.18 Å². The molecular formula is C21H25F3N2O3. The third-order valence-electron chi connectivity index (χ3n) is 4.86. The van der Waals surface area contributed by atoms with Crippen molar-refractivity contribution in [2.45, 2.75) is 12.3 Å². The van der Waals surface area contributed by atoms with Gasteiger partial charge in [-0.3, -0.25) is 4.90 Å². The van der Waals surface area contributed by atoms with Gasteiger partial charge in [-0.1, -0.05) is 12.1 Å². The summed E-state index contributed by atoms with van der Waals surface area (Å²) >= 11 is 0. The number of aliphatic hydroxyl groups excluding tert-OH is 1. The fourth-order valence-corrected chi connectivity index (χ4v) is 3.30. The van der Waals surface area contributed by atoms with Crippen molar-refractivity contribution in [2.75, 3.05) is 51.3 Å². The first-order valence-corrected chi connectivity index (χ1v) is 9.44. The molecule has 0 amide bonds. The van der Waals surface area contributed by atoms with E-state index in [4.69, 9.17) is 9.47 Å². The van der Waals surface area contributed by atoms with Crippen LogP contribution in [0.1, 0.15) is 5.56 Å². The molecule has 2 aromatic carbocycles. The first-order chi connectivity index (χ1) is 13.8. The maximum Gasteiger partial charge on any atom is 0.416 e. The molecule has 2 aromatic rings. The summed E-state index contributed by atoms with van der Waals surface area (Å²) < 4.78 is 49.5. The van der Waals surface area contributed by atoms with E-state index in [0.717, 1.165) is 6.07 Å². The third-order valence-corrected chi connectivity index (χ3v) is 4.86. The van der Waals surface area contributed by atoms with Crippen LogP contribution in [0.4, 0.5) is 18.9 Å². The van der Waals surface area contributed by atoms with Gasteiger partial charge in [0.15, 0.2) is 0 Å². The van der Waals surface area contributed by atoms with E-state index in [1.807, 2.05) is 17.0 Å². The molecule has 1 saturated heterocycles. The predicted octanol–water partition coefficient (Wildman–Crippen LogP) is 3.28. The molecule has 0 spiro atoms. The second-order valence-electron chi connectivity index (χ2n) is 6.98.